The van der Waals surface area contributed by atoms with Crippen LogP contribution < -0.4 is 5.32 Å². The van der Waals surface area contributed by atoms with E-state index in [9.17, 15) is 4.79 Å². The zero-order valence-corrected chi connectivity index (χ0v) is 12.4. The Kier molecular flexibility index (Phi) is 5.41. The van der Waals surface area contributed by atoms with E-state index in [-0.39, 0.29) is 12.1 Å². The summed E-state index contributed by atoms with van der Waals surface area (Å²) < 4.78 is 5.27. The van der Waals surface area contributed by atoms with Crippen molar-refractivity contribution in [1.29, 1.82) is 0 Å². The van der Waals surface area contributed by atoms with Crippen LogP contribution in [0.1, 0.15) is 24.5 Å². The summed E-state index contributed by atoms with van der Waals surface area (Å²) in [5, 5.41) is 3.13. The number of hydrogen-bond donors (Lipinski definition) is 1. The van der Waals surface area contributed by atoms with Gasteiger partial charge in [-0.2, -0.15) is 0 Å². The molecule has 1 aromatic carbocycles. The second kappa shape index (κ2) is 7.29. The minimum absolute atomic E-state index is 0.0345. The minimum atomic E-state index is 0.0345. The fraction of sp³-hybridized carbons (Fsp3) is 0.562. The molecule has 1 heterocycles. The van der Waals surface area contributed by atoms with Crippen molar-refractivity contribution in [2.45, 2.75) is 32.7 Å². The van der Waals surface area contributed by atoms with Gasteiger partial charge in [0, 0.05) is 19.1 Å². The summed E-state index contributed by atoms with van der Waals surface area (Å²) in [6.45, 7) is 6.85. The lowest BCUT2D eigenvalue weighted by Gasteiger charge is -2.29. The lowest BCUT2D eigenvalue weighted by molar-refractivity contribution is 0.0524. The number of nitrogens with zero attached hydrogens (tertiary/aromatic N) is 1. The van der Waals surface area contributed by atoms with Gasteiger partial charge in [0.2, 0.25) is 0 Å². The maximum Gasteiger partial charge on any atom is 0.317 e. The van der Waals surface area contributed by atoms with Gasteiger partial charge in [-0.05, 0) is 25.3 Å². The van der Waals surface area contributed by atoms with Crippen molar-refractivity contribution in [3.05, 3.63) is 35.4 Å². The van der Waals surface area contributed by atoms with Gasteiger partial charge in [-0.25, -0.2) is 4.79 Å². The Labute approximate surface area is 121 Å². The number of benzene rings is 1. The predicted octanol–water partition coefficient (Wildman–Crippen LogP) is 2.36. The quantitative estimate of drug-likeness (QED) is 0.917. The molecule has 20 heavy (non-hydrogen) atoms. The fourth-order valence-electron chi connectivity index (χ4n) is 2.34. The Hall–Kier alpha value is -1.55. The summed E-state index contributed by atoms with van der Waals surface area (Å²) >= 11 is 0. The third-order valence-electron chi connectivity index (χ3n) is 3.72. The molecule has 1 aliphatic rings. The molecule has 110 valence electrons. The summed E-state index contributed by atoms with van der Waals surface area (Å²) in [6, 6.07) is 8.73. The molecule has 0 spiro atoms. The molecule has 1 aliphatic heterocycles. The van der Waals surface area contributed by atoms with E-state index in [1.807, 2.05) is 4.90 Å². The molecule has 2 rings (SSSR count). The largest absolute Gasteiger partial charge is 0.378 e. The number of ether oxygens (including phenoxy) is 1. The number of rotatable bonds is 4. The third-order valence-corrected chi connectivity index (χ3v) is 3.72. The van der Waals surface area contributed by atoms with Crippen molar-refractivity contribution in [1.82, 2.24) is 10.2 Å². The Bertz CT molecular complexity index is 425. The number of nitrogens with one attached hydrogen (secondary N) is 1. The molecule has 1 aromatic rings. The maximum absolute atomic E-state index is 12.2. The number of carbonyl (C=O) groups is 1. The van der Waals surface area contributed by atoms with Crippen molar-refractivity contribution in [3.63, 3.8) is 0 Å². The number of aryl methyl sites for hydroxylation is 1. The molecule has 0 saturated carbocycles. The van der Waals surface area contributed by atoms with Gasteiger partial charge in [-0.3, -0.25) is 0 Å². The molecule has 0 unspecified atom stereocenters. The lowest BCUT2D eigenvalue weighted by atomic mass is 10.0. The van der Waals surface area contributed by atoms with Gasteiger partial charge >= 0.3 is 6.03 Å². The van der Waals surface area contributed by atoms with Crippen LogP contribution >= 0.6 is 0 Å². The highest BCUT2D eigenvalue weighted by molar-refractivity contribution is 5.74. The Morgan fingerprint density at radius 2 is 1.95 bits per heavy atom. The van der Waals surface area contributed by atoms with Crippen molar-refractivity contribution in [2.75, 3.05) is 26.3 Å². The van der Waals surface area contributed by atoms with E-state index in [0.29, 0.717) is 26.3 Å². The zero-order chi connectivity index (χ0) is 14.4. The first-order valence-electron chi connectivity index (χ1n) is 7.37. The van der Waals surface area contributed by atoms with Crippen LogP contribution in [0.5, 0.6) is 0 Å². The predicted molar refractivity (Wildman–Crippen MR) is 79.9 cm³/mol. The topological polar surface area (TPSA) is 41.6 Å². The monoisotopic (exact) mass is 276 g/mol. The second-order valence-corrected chi connectivity index (χ2v) is 5.34. The van der Waals surface area contributed by atoms with Gasteiger partial charge in [-0.15, -0.1) is 0 Å². The summed E-state index contributed by atoms with van der Waals surface area (Å²) in [5.74, 6) is 0. The second-order valence-electron chi connectivity index (χ2n) is 5.34. The number of carbonyl (C=O) groups excluding carboxylic acids is 1. The molecule has 4 heteroatoms. The Balaban J connectivity index is 1.87. The van der Waals surface area contributed by atoms with Crippen LogP contribution in [0.25, 0.3) is 0 Å². The van der Waals surface area contributed by atoms with Crippen LogP contribution in [0.4, 0.5) is 4.79 Å². The smallest absolute Gasteiger partial charge is 0.317 e. The van der Waals surface area contributed by atoms with Crippen LogP contribution in [-0.4, -0.2) is 43.3 Å². The van der Waals surface area contributed by atoms with Gasteiger partial charge < -0.3 is 15.0 Å². The van der Waals surface area contributed by atoms with E-state index in [4.69, 9.17) is 4.74 Å². The van der Waals surface area contributed by atoms with Gasteiger partial charge in [0.15, 0.2) is 0 Å². The molecular formula is C16H24N2O2. The fourth-order valence-corrected chi connectivity index (χ4v) is 2.34. The first-order valence-corrected chi connectivity index (χ1v) is 7.37. The Morgan fingerprint density at radius 1 is 1.30 bits per heavy atom. The van der Waals surface area contributed by atoms with Crippen molar-refractivity contribution in [3.8, 4) is 0 Å². The maximum atomic E-state index is 12.2. The highest BCUT2D eigenvalue weighted by Gasteiger charge is 2.19. The van der Waals surface area contributed by atoms with E-state index in [1.165, 1.54) is 11.1 Å². The van der Waals surface area contributed by atoms with Gasteiger partial charge in [0.05, 0.1) is 13.2 Å². The average Bonchev–Trinajstić information content (AvgIpc) is 2.49. The van der Waals surface area contributed by atoms with Crippen molar-refractivity contribution in [2.24, 2.45) is 0 Å². The standard InChI is InChI=1S/C16H24N2O2/c1-3-15(12-14-6-4-13(2)5-7-14)17-16(19)18-8-10-20-11-9-18/h4-7,15H,3,8-12H2,1-2H3,(H,17,19)/t15-/m0/s1. The molecule has 1 atom stereocenters. The molecular weight excluding hydrogens is 252 g/mol. The molecule has 0 bridgehead atoms. The SMILES string of the molecule is CC[C@@H](Cc1ccc(C)cc1)NC(=O)N1CCOCC1. The molecule has 1 fully saturated rings. The zero-order valence-electron chi connectivity index (χ0n) is 12.4. The van der Waals surface area contributed by atoms with Crippen LogP contribution in [0.3, 0.4) is 0 Å². The third kappa shape index (κ3) is 4.23. The minimum Gasteiger partial charge on any atom is -0.378 e. The van der Waals surface area contributed by atoms with Gasteiger partial charge in [-0.1, -0.05) is 36.8 Å². The normalized spacial score (nSPS) is 16.8. The molecule has 1 saturated heterocycles. The van der Waals surface area contributed by atoms with Crippen molar-refractivity contribution < 1.29 is 9.53 Å². The molecule has 0 aliphatic carbocycles. The molecule has 0 aromatic heterocycles. The van der Waals surface area contributed by atoms with Crippen LogP contribution in [0, 0.1) is 6.92 Å². The lowest BCUT2D eigenvalue weighted by Crippen LogP contribution is -2.49. The first kappa shape index (κ1) is 14.9. The average molecular weight is 276 g/mol. The Morgan fingerprint density at radius 3 is 2.55 bits per heavy atom. The highest BCUT2D eigenvalue weighted by Crippen LogP contribution is 2.09. The van der Waals surface area contributed by atoms with E-state index in [0.717, 1.165) is 12.8 Å². The van der Waals surface area contributed by atoms with E-state index in [1.54, 1.807) is 0 Å². The van der Waals surface area contributed by atoms with Gasteiger partial charge in [0.1, 0.15) is 0 Å². The first-order chi connectivity index (χ1) is 9.69. The summed E-state index contributed by atoms with van der Waals surface area (Å²) in [7, 11) is 0. The van der Waals surface area contributed by atoms with Crippen LogP contribution in [0.2, 0.25) is 0 Å². The number of urea groups is 1. The van der Waals surface area contributed by atoms with Crippen molar-refractivity contribution >= 4 is 6.03 Å². The number of hydrogen-bond acceptors (Lipinski definition) is 2. The van der Waals surface area contributed by atoms with E-state index >= 15 is 0 Å². The molecule has 4 nitrogen and oxygen atoms in total. The van der Waals surface area contributed by atoms with Crippen LogP contribution in [-0.2, 0) is 11.2 Å². The highest BCUT2D eigenvalue weighted by atomic mass is 16.5. The number of morpholine rings is 1. The number of amides is 2. The summed E-state index contributed by atoms with van der Waals surface area (Å²) in [5.41, 5.74) is 2.53. The van der Waals surface area contributed by atoms with E-state index < -0.39 is 0 Å². The molecule has 2 amide bonds. The van der Waals surface area contributed by atoms with E-state index in [2.05, 4.69) is 43.4 Å². The van der Waals surface area contributed by atoms with Gasteiger partial charge in [0.25, 0.3) is 0 Å². The van der Waals surface area contributed by atoms with Crippen LogP contribution in [0.15, 0.2) is 24.3 Å². The molecule has 1 N–H and O–H groups in total. The summed E-state index contributed by atoms with van der Waals surface area (Å²) in [6.07, 6.45) is 1.82. The summed E-state index contributed by atoms with van der Waals surface area (Å²) in [4.78, 5) is 14.0. The molecule has 0 radical (unpaired) electrons.